The fourth-order valence-corrected chi connectivity index (χ4v) is 6.08. The first-order valence-corrected chi connectivity index (χ1v) is 12.4. The van der Waals surface area contributed by atoms with Crippen LogP contribution in [0.3, 0.4) is 0 Å². The summed E-state index contributed by atoms with van der Waals surface area (Å²) in [5.74, 6) is -1.62. The zero-order valence-electron chi connectivity index (χ0n) is 21.9. The Kier molecular flexibility index (Phi) is 6.43. The van der Waals surface area contributed by atoms with Gasteiger partial charge >= 0.3 is 0 Å². The van der Waals surface area contributed by atoms with Crippen molar-refractivity contribution in [2.45, 2.75) is 70.4 Å². The van der Waals surface area contributed by atoms with E-state index in [-0.39, 0.29) is 25.4 Å². The summed E-state index contributed by atoms with van der Waals surface area (Å²) in [6, 6.07) is 20.1. The van der Waals surface area contributed by atoms with Crippen LogP contribution in [0.25, 0.3) is 0 Å². The van der Waals surface area contributed by atoms with E-state index in [1.165, 1.54) is 0 Å². The van der Waals surface area contributed by atoms with Gasteiger partial charge in [0.2, 0.25) is 5.79 Å². The zero-order valence-corrected chi connectivity index (χ0v) is 21.9. The molecule has 2 heterocycles. The highest BCUT2D eigenvalue weighted by molar-refractivity contribution is 6.10. The van der Waals surface area contributed by atoms with Gasteiger partial charge in [-0.15, -0.1) is 0 Å². The second-order valence-electron chi connectivity index (χ2n) is 10.2. The van der Waals surface area contributed by atoms with Crippen molar-refractivity contribution in [3.05, 3.63) is 82.4 Å². The van der Waals surface area contributed by atoms with Gasteiger partial charge in [0.1, 0.15) is 12.1 Å². The molecule has 2 aliphatic rings. The molecule has 2 aromatic carbocycles. The number of ketones is 1. The van der Waals surface area contributed by atoms with Crippen LogP contribution in [0.15, 0.2) is 60.2 Å². The summed E-state index contributed by atoms with van der Waals surface area (Å²) in [4.78, 5) is 15.8. The van der Waals surface area contributed by atoms with E-state index in [0.717, 1.165) is 16.7 Å². The number of fused-ring (bicyclic) bond motifs is 1. The van der Waals surface area contributed by atoms with Crippen LogP contribution in [0.2, 0.25) is 0 Å². The summed E-state index contributed by atoms with van der Waals surface area (Å²) >= 11 is 0. The van der Waals surface area contributed by atoms with Gasteiger partial charge in [-0.25, -0.2) is 4.90 Å². The van der Waals surface area contributed by atoms with Gasteiger partial charge in [0.25, 0.3) is 5.54 Å². The van der Waals surface area contributed by atoms with E-state index in [0.29, 0.717) is 11.1 Å². The Morgan fingerprint density at radius 2 is 1.42 bits per heavy atom. The Morgan fingerprint density at radius 3 is 1.89 bits per heavy atom. The van der Waals surface area contributed by atoms with Crippen LogP contribution in [0.1, 0.15) is 61.2 Å². The molecule has 2 aliphatic heterocycles. The minimum atomic E-state index is -1.81. The summed E-state index contributed by atoms with van der Waals surface area (Å²) in [5.41, 5.74) is 0.391. The number of nitriles is 2. The van der Waals surface area contributed by atoms with E-state index >= 15 is 0 Å². The normalized spacial score (nSPS) is 23.4. The van der Waals surface area contributed by atoms with Gasteiger partial charge in [0, 0.05) is 36.3 Å². The minimum absolute atomic E-state index is 0.121. The molecule has 1 unspecified atom stereocenters. The number of Topliss-reactive ketones (excluding diaryl/α,β-unsaturated/α-hetero) is 1. The molecule has 0 amide bonds. The summed E-state index contributed by atoms with van der Waals surface area (Å²) in [5, 5.41) is 21.4. The van der Waals surface area contributed by atoms with Crippen molar-refractivity contribution < 1.29 is 14.3 Å². The molecule has 36 heavy (non-hydrogen) atoms. The van der Waals surface area contributed by atoms with Gasteiger partial charge in [-0.3, -0.25) is 4.79 Å². The lowest BCUT2D eigenvalue weighted by atomic mass is 9.81. The number of benzene rings is 2. The van der Waals surface area contributed by atoms with Crippen LogP contribution in [-0.4, -0.2) is 40.8 Å². The summed E-state index contributed by atoms with van der Waals surface area (Å²) in [6.45, 7) is 12.0. The molecule has 0 bridgehead atoms. The molecule has 6 nitrogen and oxygen atoms in total. The van der Waals surface area contributed by atoms with Crippen LogP contribution in [0.5, 0.6) is 0 Å². The number of rotatable bonds is 7. The second kappa shape index (κ2) is 8.98. The Balaban J connectivity index is 2.04. The molecule has 0 saturated carbocycles. The maximum atomic E-state index is 13.9. The van der Waals surface area contributed by atoms with Crippen LogP contribution in [0, 0.1) is 36.5 Å². The van der Waals surface area contributed by atoms with E-state index in [4.69, 9.17) is 9.47 Å². The van der Waals surface area contributed by atoms with Crippen molar-refractivity contribution in [3.63, 3.8) is 0 Å². The predicted octanol–water partition coefficient (Wildman–Crippen LogP) is 5.36. The number of hydrogen-bond acceptors (Lipinski definition) is 6. The van der Waals surface area contributed by atoms with Crippen molar-refractivity contribution >= 4 is 5.78 Å². The number of aryl methyl sites for hydroxylation is 2. The highest BCUT2D eigenvalue weighted by Gasteiger charge is 2.77. The standard InChI is InChI=1S/C30H33N3O3/c1-7-35-30(36-8-2)18-28(24-15-11-22(4)12-16-24)17-25(26(34)23-13-9-21(3)10-14-23)27(5,6)33(28)29(30,19-31)20-32/h9-17H,7-8,18H2,1-6H3. The van der Waals surface area contributed by atoms with E-state index in [9.17, 15) is 15.3 Å². The third kappa shape index (κ3) is 3.44. The molecule has 0 radical (unpaired) electrons. The molecular formula is C30H33N3O3. The van der Waals surface area contributed by atoms with Crippen LogP contribution < -0.4 is 0 Å². The largest absolute Gasteiger partial charge is 0.347 e. The first-order valence-electron chi connectivity index (χ1n) is 12.4. The van der Waals surface area contributed by atoms with Gasteiger partial charge in [-0.05, 0) is 47.1 Å². The van der Waals surface area contributed by atoms with Gasteiger partial charge in [0.15, 0.2) is 5.78 Å². The highest BCUT2D eigenvalue weighted by Crippen LogP contribution is 2.63. The minimum Gasteiger partial charge on any atom is -0.347 e. The number of hydrogen-bond donors (Lipinski definition) is 0. The average molecular weight is 484 g/mol. The molecule has 1 saturated heterocycles. The summed E-state index contributed by atoms with van der Waals surface area (Å²) in [6.07, 6.45) is 2.14. The number of nitrogens with zero attached hydrogens (tertiary/aromatic N) is 3. The van der Waals surface area contributed by atoms with Crippen molar-refractivity contribution in [2.75, 3.05) is 13.2 Å². The van der Waals surface area contributed by atoms with E-state index in [2.05, 4.69) is 12.1 Å². The van der Waals surface area contributed by atoms with E-state index in [1.54, 1.807) is 0 Å². The fourth-order valence-electron chi connectivity index (χ4n) is 6.08. The Labute approximate surface area is 213 Å². The topological polar surface area (TPSA) is 86.3 Å². The summed E-state index contributed by atoms with van der Waals surface area (Å²) < 4.78 is 12.4. The Morgan fingerprint density at radius 1 is 0.917 bits per heavy atom. The number of carbonyl (C=O) groups excluding carboxylic acids is 1. The van der Waals surface area contributed by atoms with E-state index in [1.807, 2.05) is 101 Å². The third-order valence-electron chi connectivity index (χ3n) is 7.58. The maximum absolute atomic E-state index is 13.9. The van der Waals surface area contributed by atoms with Crippen LogP contribution in [-0.2, 0) is 15.0 Å². The molecule has 6 heteroatoms. The van der Waals surface area contributed by atoms with E-state index < -0.39 is 22.4 Å². The molecule has 0 aromatic heterocycles. The van der Waals surface area contributed by atoms with Gasteiger partial charge < -0.3 is 9.47 Å². The zero-order chi connectivity index (χ0) is 26.4. The van der Waals surface area contributed by atoms with Crippen LogP contribution >= 0.6 is 0 Å². The smallest absolute Gasteiger partial charge is 0.252 e. The quantitative estimate of drug-likeness (QED) is 0.389. The molecule has 2 aromatic rings. The van der Waals surface area contributed by atoms with Gasteiger partial charge in [0.05, 0.1) is 5.54 Å². The SMILES string of the molecule is CCOC1(OCC)CC2(c3ccc(C)cc3)C=C(C(=O)c3ccc(C)cc3)C(C)(C)N2C1(C#N)C#N. The Bertz CT molecular complexity index is 1260. The molecule has 0 N–H and O–H groups in total. The molecule has 186 valence electrons. The molecule has 1 fully saturated rings. The monoisotopic (exact) mass is 483 g/mol. The molecular weight excluding hydrogens is 450 g/mol. The first kappa shape index (κ1) is 25.8. The third-order valence-corrected chi connectivity index (χ3v) is 7.58. The van der Waals surface area contributed by atoms with Crippen LogP contribution in [0.4, 0.5) is 0 Å². The Hall–Kier alpha value is -3.29. The number of ether oxygens (including phenoxy) is 2. The summed E-state index contributed by atoms with van der Waals surface area (Å²) in [7, 11) is 0. The maximum Gasteiger partial charge on any atom is 0.252 e. The molecule has 1 atom stereocenters. The molecule has 4 rings (SSSR count). The van der Waals surface area contributed by atoms with Crippen molar-refractivity contribution in [1.29, 1.82) is 10.5 Å². The molecule has 0 spiro atoms. The van der Waals surface area contributed by atoms with Crippen molar-refractivity contribution in [2.24, 2.45) is 0 Å². The lowest BCUT2D eigenvalue weighted by Gasteiger charge is -2.46. The van der Waals surface area contributed by atoms with Gasteiger partial charge in [-0.1, -0.05) is 65.7 Å². The van der Waals surface area contributed by atoms with Gasteiger partial charge in [-0.2, -0.15) is 10.5 Å². The predicted molar refractivity (Wildman–Crippen MR) is 137 cm³/mol. The van der Waals surface area contributed by atoms with Crippen molar-refractivity contribution in [1.82, 2.24) is 4.90 Å². The first-order chi connectivity index (χ1) is 17.1. The fraction of sp³-hybridized carbons (Fsp3) is 0.433. The van der Waals surface area contributed by atoms with Crippen molar-refractivity contribution in [3.8, 4) is 12.1 Å². The average Bonchev–Trinajstić information content (AvgIpc) is 3.24. The lowest BCUT2D eigenvalue weighted by molar-refractivity contribution is -0.253. The highest BCUT2D eigenvalue weighted by atomic mass is 16.7. The number of carbonyl (C=O) groups is 1. The molecule has 0 aliphatic carbocycles. The lowest BCUT2D eigenvalue weighted by Crippen LogP contribution is -2.65. The second-order valence-corrected chi connectivity index (χ2v) is 10.2.